The predicted octanol–water partition coefficient (Wildman–Crippen LogP) is 1.40. The fraction of sp³-hybridized carbons (Fsp3) is 0.250. The van der Waals surface area contributed by atoms with Gasteiger partial charge in [0, 0.05) is 17.1 Å². The molecule has 27 heavy (non-hydrogen) atoms. The molecule has 1 fully saturated rings. The number of halogens is 1. The van der Waals surface area contributed by atoms with Crippen LogP contribution in [-0.4, -0.2) is 38.0 Å². The third kappa shape index (κ3) is 3.58. The maximum absolute atomic E-state index is 15.0. The number of aromatic hydroxyl groups is 1. The highest BCUT2D eigenvalue weighted by Crippen LogP contribution is 2.39. The van der Waals surface area contributed by atoms with Crippen molar-refractivity contribution in [3.05, 3.63) is 30.1 Å². The van der Waals surface area contributed by atoms with Gasteiger partial charge in [-0.3, -0.25) is 4.79 Å². The number of hydrogen-bond donors (Lipinski definition) is 4. The molecule has 3 amide bonds. The predicted molar refractivity (Wildman–Crippen MR) is 97.3 cm³/mol. The largest absolute Gasteiger partial charge is 0.506 e. The number of benzene rings is 2. The molecule has 1 saturated heterocycles. The van der Waals surface area contributed by atoms with E-state index in [0.717, 1.165) is 0 Å². The molecule has 0 atom stereocenters. The Hall–Kier alpha value is -3.08. The van der Waals surface area contributed by atoms with E-state index < -0.39 is 45.9 Å². The van der Waals surface area contributed by atoms with Crippen molar-refractivity contribution in [2.45, 2.75) is 19.9 Å². The lowest BCUT2D eigenvalue weighted by molar-refractivity contribution is -0.117. The first-order valence-electron chi connectivity index (χ1n) is 7.94. The molecule has 2 aromatic carbocycles. The number of nitrogens with one attached hydrogen (secondary N) is 3. The minimum absolute atomic E-state index is 0.0281. The Morgan fingerprint density at radius 1 is 1.33 bits per heavy atom. The van der Waals surface area contributed by atoms with Gasteiger partial charge in [-0.2, -0.15) is 8.42 Å². The first-order chi connectivity index (χ1) is 12.6. The molecule has 144 valence electrons. The van der Waals surface area contributed by atoms with Crippen molar-refractivity contribution in [1.29, 1.82) is 0 Å². The SMILES string of the molecule is CC(C)NC(=O)Nc1ccc2cc(O)c(N3CC(=O)NS3(=O)=O)c(F)c2c1. The lowest BCUT2D eigenvalue weighted by Crippen LogP contribution is -2.34. The van der Waals surface area contributed by atoms with Crippen LogP contribution in [0.2, 0.25) is 0 Å². The fourth-order valence-corrected chi connectivity index (χ4v) is 3.88. The topological polar surface area (TPSA) is 128 Å². The van der Waals surface area contributed by atoms with Gasteiger partial charge < -0.3 is 15.7 Å². The molecule has 2 aromatic rings. The second-order valence-corrected chi connectivity index (χ2v) is 7.88. The van der Waals surface area contributed by atoms with Crippen molar-refractivity contribution in [2.75, 3.05) is 16.2 Å². The van der Waals surface area contributed by atoms with Crippen LogP contribution < -0.4 is 19.7 Å². The molecule has 11 heteroatoms. The summed E-state index contributed by atoms with van der Waals surface area (Å²) in [4.78, 5) is 23.2. The third-order valence-electron chi connectivity index (χ3n) is 3.78. The molecule has 0 aromatic heterocycles. The summed E-state index contributed by atoms with van der Waals surface area (Å²) < 4.78 is 41.2. The molecule has 0 radical (unpaired) electrons. The monoisotopic (exact) mass is 396 g/mol. The highest BCUT2D eigenvalue weighted by molar-refractivity contribution is 7.92. The number of fused-ring (bicyclic) bond motifs is 1. The Balaban J connectivity index is 2.07. The van der Waals surface area contributed by atoms with Gasteiger partial charge in [-0.1, -0.05) is 6.07 Å². The number of amides is 3. The number of phenols is 1. The van der Waals surface area contributed by atoms with Crippen molar-refractivity contribution >= 4 is 44.3 Å². The normalized spacial score (nSPS) is 15.9. The van der Waals surface area contributed by atoms with E-state index in [1.807, 2.05) is 0 Å². The van der Waals surface area contributed by atoms with Crippen molar-refractivity contribution in [1.82, 2.24) is 10.0 Å². The van der Waals surface area contributed by atoms with Gasteiger partial charge in [0.05, 0.1) is 0 Å². The molecule has 1 aliphatic heterocycles. The molecule has 1 heterocycles. The standard InChI is InChI=1S/C16H17FN4O5S/c1-8(2)18-16(24)19-10-4-3-9-5-12(22)15(14(17)11(9)6-10)21-7-13(23)20-27(21,25)26/h3-6,8,22H,7H2,1-2H3,(H,20,23)(H2,18,19,24). The maximum Gasteiger partial charge on any atom is 0.326 e. The quantitative estimate of drug-likeness (QED) is 0.623. The van der Waals surface area contributed by atoms with Crippen molar-refractivity contribution in [3.8, 4) is 5.75 Å². The molecule has 9 nitrogen and oxygen atoms in total. The van der Waals surface area contributed by atoms with Gasteiger partial charge in [0.2, 0.25) is 0 Å². The Morgan fingerprint density at radius 2 is 2.04 bits per heavy atom. The minimum Gasteiger partial charge on any atom is -0.506 e. The second kappa shape index (κ2) is 6.58. The maximum atomic E-state index is 15.0. The molecule has 3 rings (SSSR count). The van der Waals surface area contributed by atoms with Crippen LogP contribution in [-0.2, 0) is 15.0 Å². The summed E-state index contributed by atoms with van der Waals surface area (Å²) >= 11 is 0. The molecule has 0 unspecified atom stereocenters. The zero-order chi connectivity index (χ0) is 19.9. The molecule has 0 spiro atoms. The lowest BCUT2D eigenvalue weighted by atomic mass is 10.1. The van der Waals surface area contributed by atoms with Gasteiger partial charge in [-0.05, 0) is 37.4 Å². The number of urea groups is 1. The highest BCUT2D eigenvalue weighted by Gasteiger charge is 2.37. The van der Waals surface area contributed by atoms with Crippen molar-refractivity contribution in [2.24, 2.45) is 0 Å². The second-order valence-electron chi connectivity index (χ2n) is 6.28. The van der Waals surface area contributed by atoms with E-state index in [1.54, 1.807) is 18.6 Å². The smallest absolute Gasteiger partial charge is 0.326 e. The Bertz CT molecular complexity index is 1050. The van der Waals surface area contributed by atoms with E-state index >= 15 is 4.39 Å². The van der Waals surface area contributed by atoms with Gasteiger partial charge in [0.25, 0.3) is 5.91 Å². The van der Waals surface area contributed by atoms with E-state index in [9.17, 15) is 23.1 Å². The average Bonchev–Trinajstić information content (AvgIpc) is 2.79. The van der Waals surface area contributed by atoms with Crippen LogP contribution in [0.15, 0.2) is 24.3 Å². The average molecular weight is 396 g/mol. The summed E-state index contributed by atoms with van der Waals surface area (Å²) in [5, 5.41) is 15.5. The minimum atomic E-state index is -4.29. The highest BCUT2D eigenvalue weighted by atomic mass is 32.2. The van der Waals surface area contributed by atoms with Gasteiger partial charge in [0.1, 0.15) is 18.0 Å². The number of hydrogen-bond acceptors (Lipinski definition) is 5. The van der Waals surface area contributed by atoms with Crippen LogP contribution in [0, 0.1) is 5.82 Å². The summed E-state index contributed by atoms with van der Waals surface area (Å²) in [5.74, 6) is -2.49. The van der Waals surface area contributed by atoms with E-state index in [-0.39, 0.29) is 17.1 Å². The van der Waals surface area contributed by atoms with Gasteiger partial charge >= 0.3 is 16.2 Å². The zero-order valence-corrected chi connectivity index (χ0v) is 15.2. The van der Waals surface area contributed by atoms with Crippen molar-refractivity contribution < 1.29 is 27.5 Å². The van der Waals surface area contributed by atoms with Crippen molar-refractivity contribution in [3.63, 3.8) is 0 Å². The zero-order valence-electron chi connectivity index (χ0n) is 14.4. The number of nitrogens with zero attached hydrogens (tertiary/aromatic N) is 1. The van der Waals surface area contributed by atoms with E-state index in [4.69, 9.17) is 0 Å². The van der Waals surface area contributed by atoms with Crippen LogP contribution in [0.3, 0.4) is 0 Å². The summed E-state index contributed by atoms with van der Waals surface area (Å²) in [6.45, 7) is 2.91. The summed E-state index contributed by atoms with van der Waals surface area (Å²) in [7, 11) is -4.29. The van der Waals surface area contributed by atoms with Gasteiger partial charge in [-0.25, -0.2) is 18.2 Å². The summed E-state index contributed by atoms with van der Waals surface area (Å²) in [6, 6.07) is 4.89. The number of rotatable bonds is 3. The molecule has 0 saturated carbocycles. The Morgan fingerprint density at radius 3 is 2.63 bits per heavy atom. The number of anilines is 2. The van der Waals surface area contributed by atoms with E-state index in [2.05, 4.69) is 10.6 Å². The van der Waals surface area contributed by atoms with Crippen LogP contribution in [0.4, 0.5) is 20.6 Å². The molecular weight excluding hydrogens is 379 g/mol. The summed E-state index contributed by atoms with van der Waals surface area (Å²) in [6.07, 6.45) is 0. The molecule has 0 bridgehead atoms. The molecule has 4 N–H and O–H groups in total. The lowest BCUT2D eigenvalue weighted by Gasteiger charge is -2.18. The van der Waals surface area contributed by atoms with E-state index in [1.165, 1.54) is 24.3 Å². The molecule has 1 aliphatic rings. The third-order valence-corrected chi connectivity index (χ3v) is 5.16. The molecular formula is C16H17FN4O5S. The number of carbonyl (C=O) groups is 2. The Kier molecular flexibility index (Phi) is 4.56. The van der Waals surface area contributed by atoms with Gasteiger partial charge in [-0.15, -0.1) is 0 Å². The van der Waals surface area contributed by atoms with Crippen LogP contribution in [0.25, 0.3) is 10.8 Å². The Labute approximate surface area is 154 Å². The van der Waals surface area contributed by atoms with Crippen LogP contribution >= 0.6 is 0 Å². The molecule has 0 aliphatic carbocycles. The summed E-state index contributed by atoms with van der Waals surface area (Å²) in [5.41, 5.74) is -0.362. The van der Waals surface area contributed by atoms with Crippen LogP contribution in [0.5, 0.6) is 5.75 Å². The van der Waals surface area contributed by atoms with Gasteiger partial charge in [0.15, 0.2) is 5.82 Å². The number of phenolic OH excluding ortho intramolecular Hbond substituents is 1. The van der Waals surface area contributed by atoms with Crippen LogP contribution in [0.1, 0.15) is 13.8 Å². The first-order valence-corrected chi connectivity index (χ1v) is 9.38. The van der Waals surface area contributed by atoms with E-state index in [0.29, 0.717) is 9.69 Å². The first kappa shape index (κ1) is 18.7. The number of carbonyl (C=O) groups excluding carboxylic acids is 2. The fourth-order valence-electron chi connectivity index (χ4n) is 2.72.